The maximum absolute atomic E-state index is 12.5. The Morgan fingerprint density at radius 1 is 1.35 bits per heavy atom. The summed E-state index contributed by atoms with van der Waals surface area (Å²) in [5.74, 6) is -0.0566. The van der Waals surface area contributed by atoms with Crippen LogP contribution in [0.15, 0.2) is 43.0 Å². The van der Waals surface area contributed by atoms with Gasteiger partial charge in [0.1, 0.15) is 0 Å². The minimum Gasteiger partial charge on any atom is -0.386 e. The van der Waals surface area contributed by atoms with Gasteiger partial charge in [0.2, 0.25) is 5.91 Å². The summed E-state index contributed by atoms with van der Waals surface area (Å²) >= 11 is 5.90. The van der Waals surface area contributed by atoms with Gasteiger partial charge in [-0.1, -0.05) is 24.6 Å². The number of amides is 1. The molecule has 0 radical (unpaired) electrons. The van der Waals surface area contributed by atoms with E-state index in [-0.39, 0.29) is 18.9 Å². The van der Waals surface area contributed by atoms with Gasteiger partial charge in [0.25, 0.3) is 0 Å². The molecule has 23 heavy (non-hydrogen) atoms. The van der Waals surface area contributed by atoms with Gasteiger partial charge < -0.3 is 10.0 Å². The quantitative estimate of drug-likeness (QED) is 0.846. The largest absolute Gasteiger partial charge is 0.386 e. The van der Waals surface area contributed by atoms with Gasteiger partial charge in [0.05, 0.1) is 24.1 Å². The average Bonchev–Trinajstić information content (AvgIpc) is 2.55. The minimum atomic E-state index is -0.753. The summed E-state index contributed by atoms with van der Waals surface area (Å²) in [6.45, 7) is 2.83. The Morgan fingerprint density at radius 2 is 2.17 bits per heavy atom. The SMILES string of the molecule is CCCN(CC(O)c1cccnc1)C(=O)Cc1cncc(Cl)c1. The van der Waals surface area contributed by atoms with E-state index in [2.05, 4.69) is 9.97 Å². The van der Waals surface area contributed by atoms with Gasteiger partial charge in [-0.2, -0.15) is 0 Å². The second-order valence-electron chi connectivity index (χ2n) is 5.33. The molecular formula is C17H20ClN3O2. The molecule has 0 saturated carbocycles. The molecule has 0 aromatic carbocycles. The minimum absolute atomic E-state index is 0.0566. The van der Waals surface area contributed by atoms with E-state index in [4.69, 9.17) is 11.6 Å². The van der Waals surface area contributed by atoms with E-state index in [0.29, 0.717) is 17.1 Å². The van der Waals surface area contributed by atoms with Crippen LogP contribution in [0.2, 0.25) is 5.02 Å². The van der Waals surface area contributed by atoms with Crippen molar-refractivity contribution in [1.82, 2.24) is 14.9 Å². The standard InChI is InChI=1S/C17H20ClN3O2/c1-2-6-21(12-16(22)14-4-3-5-19-10-14)17(23)8-13-7-15(18)11-20-9-13/h3-5,7,9-11,16,22H,2,6,8,12H2,1H3. The molecule has 1 unspecified atom stereocenters. The molecule has 1 atom stereocenters. The van der Waals surface area contributed by atoms with Gasteiger partial charge >= 0.3 is 0 Å². The molecule has 0 aliphatic carbocycles. The van der Waals surface area contributed by atoms with Crippen molar-refractivity contribution in [2.75, 3.05) is 13.1 Å². The van der Waals surface area contributed by atoms with E-state index in [1.807, 2.05) is 6.92 Å². The van der Waals surface area contributed by atoms with Crippen molar-refractivity contribution in [1.29, 1.82) is 0 Å². The third-order valence-electron chi connectivity index (χ3n) is 3.43. The van der Waals surface area contributed by atoms with Crippen LogP contribution in [-0.4, -0.2) is 39.0 Å². The van der Waals surface area contributed by atoms with Crippen LogP contribution < -0.4 is 0 Å². The number of aromatic nitrogens is 2. The zero-order chi connectivity index (χ0) is 16.7. The normalized spacial score (nSPS) is 12.0. The van der Waals surface area contributed by atoms with Crippen LogP contribution in [0.5, 0.6) is 0 Å². The van der Waals surface area contributed by atoms with Crippen molar-refractivity contribution >= 4 is 17.5 Å². The Labute approximate surface area is 141 Å². The predicted octanol–water partition coefficient (Wildman–Crippen LogP) is 2.64. The first-order valence-corrected chi connectivity index (χ1v) is 7.93. The molecule has 0 bridgehead atoms. The number of hydrogen-bond acceptors (Lipinski definition) is 4. The first-order valence-electron chi connectivity index (χ1n) is 7.55. The summed E-state index contributed by atoms with van der Waals surface area (Å²) in [6.07, 6.45) is 6.71. The van der Waals surface area contributed by atoms with Crippen molar-refractivity contribution < 1.29 is 9.90 Å². The van der Waals surface area contributed by atoms with Crippen LogP contribution in [0.25, 0.3) is 0 Å². The van der Waals surface area contributed by atoms with Gasteiger partial charge in [-0.15, -0.1) is 0 Å². The van der Waals surface area contributed by atoms with E-state index in [9.17, 15) is 9.90 Å². The van der Waals surface area contributed by atoms with Crippen molar-refractivity contribution in [3.8, 4) is 0 Å². The van der Waals surface area contributed by atoms with E-state index < -0.39 is 6.10 Å². The number of nitrogens with zero attached hydrogens (tertiary/aromatic N) is 3. The van der Waals surface area contributed by atoms with E-state index in [1.165, 1.54) is 6.20 Å². The first-order chi connectivity index (χ1) is 11.1. The molecule has 6 heteroatoms. The highest BCUT2D eigenvalue weighted by Crippen LogP contribution is 2.15. The highest BCUT2D eigenvalue weighted by Gasteiger charge is 2.18. The van der Waals surface area contributed by atoms with Gasteiger partial charge in [0, 0.05) is 36.9 Å². The Balaban J connectivity index is 2.03. The number of aliphatic hydroxyl groups excluding tert-OH is 1. The number of aliphatic hydroxyl groups is 1. The second-order valence-corrected chi connectivity index (χ2v) is 5.77. The zero-order valence-corrected chi connectivity index (χ0v) is 13.8. The second kappa shape index (κ2) is 8.60. The van der Waals surface area contributed by atoms with Crippen LogP contribution in [0.4, 0.5) is 0 Å². The topological polar surface area (TPSA) is 66.3 Å². The highest BCUT2D eigenvalue weighted by atomic mass is 35.5. The lowest BCUT2D eigenvalue weighted by molar-refractivity contribution is -0.132. The Morgan fingerprint density at radius 3 is 2.83 bits per heavy atom. The van der Waals surface area contributed by atoms with Crippen molar-refractivity contribution in [2.24, 2.45) is 0 Å². The highest BCUT2D eigenvalue weighted by molar-refractivity contribution is 6.30. The monoisotopic (exact) mass is 333 g/mol. The lowest BCUT2D eigenvalue weighted by atomic mass is 10.1. The first kappa shape index (κ1) is 17.4. The number of pyridine rings is 2. The lowest BCUT2D eigenvalue weighted by Crippen LogP contribution is -2.36. The summed E-state index contributed by atoms with van der Waals surface area (Å²) < 4.78 is 0. The van der Waals surface area contributed by atoms with E-state index in [0.717, 1.165) is 12.0 Å². The van der Waals surface area contributed by atoms with Gasteiger partial charge in [-0.3, -0.25) is 14.8 Å². The molecule has 0 saturated heterocycles. The average molecular weight is 334 g/mol. The molecule has 2 heterocycles. The van der Waals surface area contributed by atoms with Crippen LogP contribution in [0, 0.1) is 0 Å². The molecule has 0 spiro atoms. The summed E-state index contributed by atoms with van der Waals surface area (Å²) in [5, 5.41) is 10.8. The molecule has 2 rings (SSSR count). The van der Waals surface area contributed by atoms with Gasteiger partial charge in [0.15, 0.2) is 0 Å². The van der Waals surface area contributed by atoms with Crippen LogP contribution in [0.1, 0.15) is 30.6 Å². The molecule has 2 aromatic rings. The molecule has 122 valence electrons. The molecule has 0 aliphatic rings. The molecule has 0 aliphatic heterocycles. The molecule has 1 N–H and O–H groups in total. The van der Waals surface area contributed by atoms with Crippen LogP contribution in [-0.2, 0) is 11.2 Å². The number of carbonyl (C=O) groups is 1. The number of carbonyl (C=O) groups excluding carboxylic acids is 1. The summed E-state index contributed by atoms with van der Waals surface area (Å²) in [5.41, 5.74) is 1.46. The smallest absolute Gasteiger partial charge is 0.227 e. The fraction of sp³-hybridized carbons (Fsp3) is 0.353. The molecule has 0 fully saturated rings. The summed E-state index contributed by atoms with van der Waals surface area (Å²) in [6, 6.07) is 5.30. The molecule has 5 nitrogen and oxygen atoms in total. The lowest BCUT2D eigenvalue weighted by Gasteiger charge is -2.25. The van der Waals surface area contributed by atoms with Gasteiger partial charge in [-0.05, 0) is 24.1 Å². The predicted molar refractivity (Wildman–Crippen MR) is 89.0 cm³/mol. The third-order valence-corrected chi connectivity index (χ3v) is 3.63. The fourth-order valence-corrected chi connectivity index (χ4v) is 2.51. The van der Waals surface area contributed by atoms with Crippen LogP contribution >= 0.6 is 11.6 Å². The Bertz CT molecular complexity index is 637. The fourth-order valence-electron chi connectivity index (χ4n) is 2.31. The summed E-state index contributed by atoms with van der Waals surface area (Å²) in [4.78, 5) is 22.2. The number of rotatable bonds is 7. The van der Waals surface area contributed by atoms with E-state index in [1.54, 1.807) is 41.7 Å². The van der Waals surface area contributed by atoms with Gasteiger partial charge in [-0.25, -0.2) is 0 Å². The molecular weight excluding hydrogens is 314 g/mol. The maximum Gasteiger partial charge on any atom is 0.227 e. The number of hydrogen-bond donors (Lipinski definition) is 1. The van der Waals surface area contributed by atoms with Crippen molar-refractivity contribution in [3.63, 3.8) is 0 Å². The van der Waals surface area contributed by atoms with E-state index >= 15 is 0 Å². The Hall–Kier alpha value is -1.98. The summed E-state index contributed by atoms with van der Waals surface area (Å²) in [7, 11) is 0. The number of halogens is 1. The third kappa shape index (κ3) is 5.30. The Kier molecular flexibility index (Phi) is 6.50. The maximum atomic E-state index is 12.5. The van der Waals surface area contributed by atoms with Crippen molar-refractivity contribution in [2.45, 2.75) is 25.9 Å². The molecule has 2 aromatic heterocycles. The van der Waals surface area contributed by atoms with Crippen molar-refractivity contribution in [3.05, 3.63) is 59.1 Å². The van der Waals surface area contributed by atoms with Crippen LogP contribution in [0.3, 0.4) is 0 Å². The zero-order valence-electron chi connectivity index (χ0n) is 13.0. The molecule has 1 amide bonds.